The molecule has 1 aromatic carbocycles. The fourth-order valence-corrected chi connectivity index (χ4v) is 1.81. The zero-order valence-electron chi connectivity index (χ0n) is 8.84. The van der Waals surface area contributed by atoms with E-state index in [2.05, 4.69) is 4.72 Å². The summed E-state index contributed by atoms with van der Waals surface area (Å²) < 4.78 is 28.4. The molecule has 1 atom stereocenters. The number of nitrogens with two attached hydrogens (primary N) is 1. The van der Waals surface area contributed by atoms with Crippen molar-refractivity contribution < 1.29 is 18.0 Å². The first-order valence-electron chi connectivity index (χ1n) is 4.71. The Labute approximate surface area is 103 Å². The molecule has 1 unspecified atom stereocenters. The maximum Gasteiger partial charge on any atom is 0.284 e. The van der Waals surface area contributed by atoms with Crippen LogP contribution in [-0.2, 0) is 11.3 Å². The van der Waals surface area contributed by atoms with Gasteiger partial charge in [0.25, 0.3) is 5.91 Å². The summed E-state index contributed by atoms with van der Waals surface area (Å²) in [6, 6.07) is 5.29. The minimum Gasteiger partial charge on any atom is -0.755 e. The van der Waals surface area contributed by atoms with Gasteiger partial charge in [0, 0.05) is 17.3 Å². The Balaban J connectivity index is 2.77. The fraction of sp³-hybridized carbons (Fsp3) is 0. The van der Waals surface area contributed by atoms with Gasteiger partial charge in [-0.25, -0.2) is 0 Å². The van der Waals surface area contributed by atoms with Crippen LogP contribution in [0.4, 0.5) is 5.69 Å². The largest absolute Gasteiger partial charge is 0.755 e. The van der Waals surface area contributed by atoms with Crippen molar-refractivity contribution in [3.63, 3.8) is 0 Å². The van der Waals surface area contributed by atoms with Crippen molar-refractivity contribution in [3.8, 4) is 0 Å². The molecular formula is C10H7N2O5S-. The standard InChI is InChI=1S/C10H8N2O5S/c11-10(14)8-4-7(13)5-2-1-3-6(9(5)17-8)12-18(15)16/h1-4,12H,(H2,11,14)(H,15,16)/p-1. The lowest BCUT2D eigenvalue weighted by Crippen LogP contribution is -2.15. The molecule has 18 heavy (non-hydrogen) atoms. The Kier molecular flexibility index (Phi) is 3.13. The fourth-order valence-electron chi connectivity index (χ4n) is 1.47. The summed E-state index contributed by atoms with van der Waals surface area (Å²) in [6.45, 7) is 0. The molecule has 94 valence electrons. The molecule has 0 aliphatic heterocycles. The number of amides is 1. The van der Waals surface area contributed by atoms with Crippen LogP contribution in [0.15, 0.2) is 33.5 Å². The quantitative estimate of drug-likeness (QED) is 0.762. The Morgan fingerprint density at radius 1 is 1.44 bits per heavy atom. The van der Waals surface area contributed by atoms with Gasteiger partial charge in [0.2, 0.25) is 0 Å². The van der Waals surface area contributed by atoms with Crippen molar-refractivity contribution >= 4 is 33.8 Å². The van der Waals surface area contributed by atoms with E-state index in [0.717, 1.165) is 6.07 Å². The second kappa shape index (κ2) is 4.59. The number of fused-ring (bicyclic) bond motifs is 1. The highest BCUT2D eigenvalue weighted by Crippen LogP contribution is 2.22. The average Bonchev–Trinajstić information content (AvgIpc) is 2.29. The second-order valence-electron chi connectivity index (χ2n) is 3.36. The maximum absolute atomic E-state index is 11.7. The molecule has 0 spiro atoms. The normalized spacial score (nSPS) is 12.3. The summed E-state index contributed by atoms with van der Waals surface area (Å²) in [7, 11) is 0. The van der Waals surface area contributed by atoms with Gasteiger partial charge in [-0.1, -0.05) is 6.07 Å². The number of hydrogen-bond acceptors (Lipinski definition) is 5. The molecule has 1 amide bonds. The molecule has 8 heteroatoms. The van der Waals surface area contributed by atoms with Gasteiger partial charge in [-0.2, -0.15) is 0 Å². The van der Waals surface area contributed by atoms with Crippen LogP contribution in [0.1, 0.15) is 10.6 Å². The number of para-hydroxylation sites is 1. The maximum atomic E-state index is 11.7. The Bertz CT molecular complexity index is 709. The Hall–Kier alpha value is -2.19. The van der Waals surface area contributed by atoms with Crippen molar-refractivity contribution in [2.75, 3.05) is 4.72 Å². The Morgan fingerprint density at radius 3 is 2.78 bits per heavy atom. The zero-order chi connectivity index (χ0) is 13.3. The van der Waals surface area contributed by atoms with Gasteiger partial charge in [0.1, 0.15) is 0 Å². The molecule has 1 aromatic heterocycles. The highest BCUT2D eigenvalue weighted by atomic mass is 32.2. The third-order valence-corrected chi connectivity index (χ3v) is 2.58. The lowest BCUT2D eigenvalue weighted by Gasteiger charge is -2.10. The zero-order valence-corrected chi connectivity index (χ0v) is 9.65. The molecule has 0 bridgehead atoms. The van der Waals surface area contributed by atoms with E-state index in [4.69, 9.17) is 10.2 Å². The molecule has 0 radical (unpaired) electrons. The van der Waals surface area contributed by atoms with Crippen LogP contribution in [-0.4, -0.2) is 14.7 Å². The van der Waals surface area contributed by atoms with Gasteiger partial charge < -0.3 is 19.4 Å². The molecule has 7 nitrogen and oxygen atoms in total. The lowest BCUT2D eigenvalue weighted by molar-refractivity contribution is 0.0974. The van der Waals surface area contributed by atoms with E-state index >= 15 is 0 Å². The van der Waals surface area contributed by atoms with Gasteiger partial charge in [0.15, 0.2) is 16.8 Å². The molecule has 2 aromatic rings. The van der Waals surface area contributed by atoms with Crippen LogP contribution in [0.2, 0.25) is 0 Å². The molecule has 3 N–H and O–H groups in total. The van der Waals surface area contributed by atoms with E-state index in [1.54, 1.807) is 0 Å². The van der Waals surface area contributed by atoms with Crippen LogP contribution in [0.5, 0.6) is 0 Å². The van der Waals surface area contributed by atoms with E-state index in [1.807, 2.05) is 0 Å². The number of primary amides is 1. The SMILES string of the molecule is NC(=O)c1cc(=O)c2cccc(NS(=O)[O-])c2o1. The molecular weight excluding hydrogens is 260 g/mol. The number of nitrogens with one attached hydrogen (secondary N) is 1. The molecule has 0 saturated carbocycles. The van der Waals surface area contributed by atoms with E-state index in [9.17, 15) is 18.4 Å². The number of carbonyl (C=O) groups excluding carboxylic acids is 1. The molecule has 0 fully saturated rings. The first-order chi connectivity index (χ1) is 8.49. The molecule has 0 saturated heterocycles. The van der Waals surface area contributed by atoms with Crippen LogP contribution < -0.4 is 15.9 Å². The number of anilines is 1. The van der Waals surface area contributed by atoms with E-state index in [0.29, 0.717) is 0 Å². The molecule has 0 aliphatic carbocycles. The van der Waals surface area contributed by atoms with Gasteiger partial charge >= 0.3 is 0 Å². The Morgan fingerprint density at radius 2 is 2.17 bits per heavy atom. The predicted octanol–water partition coefficient (Wildman–Crippen LogP) is 0.0979. The van der Waals surface area contributed by atoms with E-state index in [-0.39, 0.29) is 22.4 Å². The third kappa shape index (κ3) is 2.24. The number of hydrogen-bond donors (Lipinski definition) is 2. The smallest absolute Gasteiger partial charge is 0.284 e. The van der Waals surface area contributed by atoms with Gasteiger partial charge in [-0.3, -0.25) is 13.8 Å². The highest BCUT2D eigenvalue weighted by molar-refractivity contribution is 7.80. The highest BCUT2D eigenvalue weighted by Gasteiger charge is 2.11. The van der Waals surface area contributed by atoms with Crippen molar-refractivity contribution in [3.05, 3.63) is 40.2 Å². The van der Waals surface area contributed by atoms with Crippen LogP contribution in [0.3, 0.4) is 0 Å². The van der Waals surface area contributed by atoms with E-state index < -0.39 is 22.6 Å². The summed E-state index contributed by atoms with van der Waals surface area (Å²) in [4.78, 5) is 22.7. The number of carbonyl (C=O) groups is 1. The lowest BCUT2D eigenvalue weighted by atomic mass is 10.2. The molecule has 1 heterocycles. The van der Waals surface area contributed by atoms with Crippen LogP contribution in [0.25, 0.3) is 11.0 Å². The summed E-state index contributed by atoms with van der Waals surface area (Å²) >= 11 is -2.57. The first-order valence-corrected chi connectivity index (χ1v) is 5.79. The molecule has 0 aliphatic rings. The van der Waals surface area contributed by atoms with Crippen LogP contribution in [0, 0.1) is 0 Å². The summed E-state index contributed by atoms with van der Waals surface area (Å²) in [5, 5.41) is 0.149. The van der Waals surface area contributed by atoms with Gasteiger partial charge in [-0.05, 0) is 12.1 Å². The molecule has 2 rings (SSSR count). The second-order valence-corrected chi connectivity index (χ2v) is 4.03. The van der Waals surface area contributed by atoms with Crippen LogP contribution >= 0.6 is 0 Å². The van der Waals surface area contributed by atoms with Crippen molar-refractivity contribution in [1.29, 1.82) is 0 Å². The minimum absolute atomic E-state index is 0.0389. The van der Waals surface area contributed by atoms with Gasteiger partial charge in [-0.15, -0.1) is 0 Å². The first kappa shape index (κ1) is 12.3. The topological polar surface area (TPSA) is 125 Å². The summed E-state index contributed by atoms with van der Waals surface area (Å²) in [6.07, 6.45) is 0. The van der Waals surface area contributed by atoms with Crippen molar-refractivity contribution in [1.82, 2.24) is 0 Å². The van der Waals surface area contributed by atoms with E-state index in [1.165, 1.54) is 18.2 Å². The van der Waals surface area contributed by atoms with Gasteiger partial charge in [0.05, 0.1) is 11.1 Å². The third-order valence-electron chi connectivity index (χ3n) is 2.19. The number of rotatable bonds is 3. The average molecular weight is 267 g/mol. The van der Waals surface area contributed by atoms with Crippen molar-refractivity contribution in [2.24, 2.45) is 5.73 Å². The summed E-state index contributed by atoms with van der Waals surface area (Å²) in [5.41, 5.74) is 4.55. The monoisotopic (exact) mass is 267 g/mol. The minimum atomic E-state index is -2.57. The summed E-state index contributed by atoms with van der Waals surface area (Å²) in [5.74, 6) is -1.24. The number of benzene rings is 1. The van der Waals surface area contributed by atoms with Crippen molar-refractivity contribution in [2.45, 2.75) is 0 Å². The predicted molar refractivity (Wildman–Crippen MR) is 63.5 cm³/mol.